The zero-order chi connectivity index (χ0) is 14.0. The van der Waals surface area contributed by atoms with Gasteiger partial charge in [-0.3, -0.25) is 4.72 Å². The molecular formula is C10H6BrClIN3O2S. The summed E-state index contributed by atoms with van der Waals surface area (Å²) in [6, 6.07) is 5.12. The van der Waals surface area contributed by atoms with Crippen LogP contribution >= 0.6 is 50.1 Å². The molecule has 0 aliphatic heterocycles. The van der Waals surface area contributed by atoms with Crippen LogP contribution in [0.2, 0.25) is 5.28 Å². The minimum atomic E-state index is -3.71. The van der Waals surface area contributed by atoms with Crippen LogP contribution in [-0.4, -0.2) is 18.4 Å². The highest BCUT2D eigenvalue weighted by molar-refractivity contribution is 14.1. The summed E-state index contributed by atoms with van der Waals surface area (Å²) in [4.78, 5) is 7.24. The number of sulfonamides is 1. The molecule has 19 heavy (non-hydrogen) atoms. The molecule has 0 aliphatic carbocycles. The molecule has 0 atom stereocenters. The van der Waals surface area contributed by atoms with E-state index in [1.807, 2.05) is 0 Å². The van der Waals surface area contributed by atoms with Crippen LogP contribution in [-0.2, 0) is 10.0 Å². The summed E-state index contributed by atoms with van der Waals surface area (Å²) >= 11 is 11.0. The molecule has 2 rings (SSSR count). The molecular weight excluding hydrogens is 468 g/mol. The number of benzene rings is 1. The highest BCUT2D eigenvalue weighted by atomic mass is 127. The average Bonchev–Trinajstić information content (AvgIpc) is 2.34. The maximum Gasteiger partial charge on any atom is 0.264 e. The zero-order valence-electron chi connectivity index (χ0n) is 9.14. The van der Waals surface area contributed by atoms with Crippen LogP contribution in [0.4, 0.5) is 5.69 Å². The van der Waals surface area contributed by atoms with Crippen LogP contribution in [0.15, 0.2) is 40.0 Å². The Hall–Kier alpha value is -0.450. The van der Waals surface area contributed by atoms with Crippen molar-refractivity contribution >= 4 is 65.8 Å². The van der Waals surface area contributed by atoms with Crippen LogP contribution in [0.1, 0.15) is 0 Å². The van der Waals surface area contributed by atoms with E-state index in [1.54, 1.807) is 18.2 Å². The second-order valence-corrected chi connectivity index (χ2v) is 7.46. The number of nitrogens with zero attached hydrogens (tertiary/aromatic N) is 2. The third kappa shape index (κ3) is 3.77. The second-order valence-electron chi connectivity index (χ2n) is 3.42. The van der Waals surface area contributed by atoms with Crippen LogP contribution in [0.5, 0.6) is 0 Å². The topological polar surface area (TPSA) is 72.0 Å². The van der Waals surface area contributed by atoms with Gasteiger partial charge >= 0.3 is 0 Å². The lowest BCUT2D eigenvalue weighted by Gasteiger charge is -2.08. The van der Waals surface area contributed by atoms with Gasteiger partial charge in [0.25, 0.3) is 10.0 Å². The molecule has 0 unspecified atom stereocenters. The Balaban J connectivity index is 2.30. The van der Waals surface area contributed by atoms with E-state index in [4.69, 9.17) is 11.6 Å². The lowest BCUT2D eigenvalue weighted by molar-refractivity contribution is 0.600. The smallest absolute Gasteiger partial charge is 0.264 e. The van der Waals surface area contributed by atoms with Crippen LogP contribution in [0, 0.1) is 3.57 Å². The quantitative estimate of drug-likeness (QED) is 0.548. The fraction of sp³-hybridized carbons (Fsp3) is 0. The summed E-state index contributed by atoms with van der Waals surface area (Å²) in [7, 11) is -3.71. The summed E-state index contributed by atoms with van der Waals surface area (Å²) < 4.78 is 28.4. The van der Waals surface area contributed by atoms with Gasteiger partial charge in [-0.15, -0.1) is 0 Å². The van der Waals surface area contributed by atoms with E-state index in [-0.39, 0.29) is 10.2 Å². The molecule has 0 amide bonds. The Bertz CT molecular complexity index is 709. The second kappa shape index (κ2) is 5.90. The fourth-order valence-electron chi connectivity index (χ4n) is 1.21. The number of hydrogen-bond acceptors (Lipinski definition) is 4. The van der Waals surface area contributed by atoms with Gasteiger partial charge in [0.2, 0.25) is 5.28 Å². The van der Waals surface area contributed by atoms with Gasteiger partial charge in [-0.2, -0.15) is 0 Å². The molecule has 5 nitrogen and oxygen atoms in total. The van der Waals surface area contributed by atoms with Gasteiger partial charge in [-0.05, 0) is 68.3 Å². The van der Waals surface area contributed by atoms with E-state index in [1.165, 1.54) is 0 Å². The molecule has 9 heteroatoms. The highest BCUT2D eigenvalue weighted by Crippen LogP contribution is 2.24. The number of aromatic nitrogens is 2. The Morgan fingerprint density at radius 1 is 1.26 bits per heavy atom. The number of nitrogens with one attached hydrogen (secondary N) is 1. The van der Waals surface area contributed by atoms with Crippen molar-refractivity contribution in [3.8, 4) is 0 Å². The lowest BCUT2D eigenvalue weighted by atomic mass is 10.3. The number of anilines is 1. The first-order chi connectivity index (χ1) is 8.88. The number of rotatable bonds is 3. The van der Waals surface area contributed by atoms with Gasteiger partial charge in [-0.1, -0.05) is 0 Å². The third-order valence-electron chi connectivity index (χ3n) is 2.08. The molecule has 1 N–H and O–H groups in total. The molecule has 0 aliphatic rings. The highest BCUT2D eigenvalue weighted by Gasteiger charge is 2.15. The number of halogens is 3. The first kappa shape index (κ1) is 14.9. The first-order valence-electron chi connectivity index (χ1n) is 4.84. The lowest BCUT2D eigenvalue weighted by Crippen LogP contribution is -2.13. The zero-order valence-corrected chi connectivity index (χ0v) is 14.5. The van der Waals surface area contributed by atoms with Crippen molar-refractivity contribution in [3.63, 3.8) is 0 Å². The summed E-state index contributed by atoms with van der Waals surface area (Å²) in [5, 5.41) is -0.00265. The van der Waals surface area contributed by atoms with Gasteiger partial charge < -0.3 is 0 Å². The molecule has 0 saturated heterocycles. The number of hydrogen-bond donors (Lipinski definition) is 1. The SMILES string of the molecule is O=S(=O)(Nc1ccc(Br)c(I)c1)c1cnc(Cl)nc1. The standard InChI is InChI=1S/C10H6BrClIN3O2S/c11-8-2-1-6(3-9(8)13)16-19(17,18)7-4-14-10(12)15-5-7/h1-5,16H. The molecule has 0 spiro atoms. The summed E-state index contributed by atoms with van der Waals surface area (Å²) in [6.07, 6.45) is 2.31. The summed E-state index contributed by atoms with van der Waals surface area (Å²) in [6.45, 7) is 0. The first-order valence-corrected chi connectivity index (χ1v) is 8.57. The van der Waals surface area contributed by atoms with E-state index in [0.29, 0.717) is 5.69 Å². The predicted octanol–water partition coefficient (Wildman–Crippen LogP) is 3.30. The van der Waals surface area contributed by atoms with Crippen molar-refractivity contribution in [1.29, 1.82) is 0 Å². The third-order valence-corrected chi connectivity index (χ3v) is 5.94. The van der Waals surface area contributed by atoms with Crippen molar-refractivity contribution in [3.05, 3.63) is 43.9 Å². The van der Waals surface area contributed by atoms with Crippen molar-refractivity contribution in [1.82, 2.24) is 9.97 Å². The van der Waals surface area contributed by atoms with Crippen molar-refractivity contribution in [2.24, 2.45) is 0 Å². The van der Waals surface area contributed by atoms with Crippen LogP contribution in [0.25, 0.3) is 0 Å². The maximum absolute atomic E-state index is 12.1. The van der Waals surface area contributed by atoms with Crippen molar-refractivity contribution in [2.45, 2.75) is 4.90 Å². The summed E-state index contributed by atoms with van der Waals surface area (Å²) in [5.74, 6) is 0. The summed E-state index contributed by atoms with van der Waals surface area (Å²) in [5.41, 5.74) is 0.461. The van der Waals surface area contributed by atoms with Crippen molar-refractivity contribution in [2.75, 3.05) is 4.72 Å². The molecule has 0 saturated carbocycles. The Labute approximate surface area is 137 Å². The molecule has 0 fully saturated rings. The molecule has 0 radical (unpaired) electrons. The van der Waals surface area contributed by atoms with Gasteiger partial charge in [0, 0.05) is 13.7 Å². The molecule has 1 aromatic carbocycles. The van der Waals surface area contributed by atoms with E-state index >= 15 is 0 Å². The van der Waals surface area contributed by atoms with Gasteiger partial charge in [0.05, 0.1) is 12.4 Å². The minimum Gasteiger partial charge on any atom is -0.279 e. The maximum atomic E-state index is 12.1. The Morgan fingerprint density at radius 3 is 2.47 bits per heavy atom. The molecule has 100 valence electrons. The van der Waals surface area contributed by atoms with Crippen molar-refractivity contribution < 1.29 is 8.42 Å². The van der Waals surface area contributed by atoms with E-state index in [2.05, 4.69) is 53.2 Å². The normalized spacial score (nSPS) is 11.3. The molecule has 2 aromatic rings. The Kier molecular flexibility index (Phi) is 4.64. The molecule has 0 bridgehead atoms. The molecule has 1 aromatic heterocycles. The molecule has 1 heterocycles. The predicted molar refractivity (Wildman–Crippen MR) is 84.7 cm³/mol. The largest absolute Gasteiger partial charge is 0.279 e. The monoisotopic (exact) mass is 473 g/mol. The van der Waals surface area contributed by atoms with Crippen LogP contribution in [0.3, 0.4) is 0 Å². The van der Waals surface area contributed by atoms with Gasteiger partial charge in [0.1, 0.15) is 4.90 Å². The van der Waals surface area contributed by atoms with Gasteiger partial charge in [-0.25, -0.2) is 18.4 Å². The minimum absolute atomic E-state index is 0.00265. The van der Waals surface area contributed by atoms with E-state index in [9.17, 15) is 8.42 Å². The van der Waals surface area contributed by atoms with Crippen LogP contribution < -0.4 is 4.72 Å². The van der Waals surface area contributed by atoms with E-state index < -0.39 is 10.0 Å². The van der Waals surface area contributed by atoms with E-state index in [0.717, 1.165) is 20.4 Å². The average molecular weight is 475 g/mol. The fourth-order valence-corrected chi connectivity index (χ4v) is 3.01. The Morgan fingerprint density at radius 2 is 1.89 bits per heavy atom. The van der Waals surface area contributed by atoms with Gasteiger partial charge in [0.15, 0.2) is 0 Å².